The van der Waals surface area contributed by atoms with E-state index in [1.807, 2.05) is 6.07 Å². The van der Waals surface area contributed by atoms with Gasteiger partial charge in [0.2, 0.25) is 5.78 Å². The first-order chi connectivity index (χ1) is 10.3. The van der Waals surface area contributed by atoms with Crippen molar-refractivity contribution in [1.29, 1.82) is 0 Å². The number of nitrogens with zero attached hydrogens (tertiary/aromatic N) is 2. The maximum absolute atomic E-state index is 11.9. The van der Waals surface area contributed by atoms with Crippen LogP contribution in [0, 0.1) is 0 Å². The summed E-state index contributed by atoms with van der Waals surface area (Å²) in [5.74, 6) is -0.308. The Labute approximate surface area is 120 Å². The second kappa shape index (κ2) is 5.50. The summed E-state index contributed by atoms with van der Waals surface area (Å²) in [6.07, 6.45) is 1.06. The van der Waals surface area contributed by atoms with Crippen molar-refractivity contribution >= 4 is 23.7 Å². The molecule has 0 bridgehead atoms. The van der Waals surface area contributed by atoms with E-state index in [9.17, 15) is 9.59 Å². The van der Waals surface area contributed by atoms with E-state index < -0.39 is 0 Å². The number of hydrogen-bond acceptors (Lipinski definition) is 5. The van der Waals surface area contributed by atoms with Crippen LogP contribution < -0.4 is 4.74 Å². The molecular weight excluding hydrogens is 268 g/mol. The predicted molar refractivity (Wildman–Crippen MR) is 78.1 cm³/mol. The molecule has 1 heterocycles. The van der Waals surface area contributed by atoms with Crippen LogP contribution >= 0.6 is 0 Å². The minimum atomic E-state index is -0.338. The van der Waals surface area contributed by atoms with E-state index in [0.717, 1.165) is 6.21 Å². The van der Waals surface area contributed by atoms with Gasteiger partial charge < -0.3 is 4.74 Å². The van der Waals surface area contributed by atoms with Crippen molar-refractivity contribution in [1.82, 2.24) is 0 Å². The van der Waals surface area contributed by atoms with Gasteiger partial charge in [-0.3, -0.25) is 9.59 Å². The van der Waals surface area contributed by atoms with E-state index in [1.165, 1.54) is 0 Å². The van der Waals surface area contributed by atoms with Gasteiger partial charge >= 0.3 is 0 Å². The lowest BCUT2D eigenvalue weighted by Gasteiger charge is -1.94. The normalized spacial score (nSPS) is 15.2. The van der Waals surface area contributed by atoms with Gasteiger partial charge in [0, 0.05) is 5.56 Å². The van der Waals surface area contributed by atoms with Gasteiger partial charge in [-0.1, -0.05) is 42.5 Å². The predicted octanol–water partition coefficient (Wildman–Crippen LogP) is 2.53. The fourth-order valence-electron chi connectivity index (χ4n) is 1.89. The lowest BCUT2D eigenvalue weighted by Crippen LogP contribution is -2.11. The number of Topliss-reactive ketones (excluding diaryl/α,β-unsaturated/α-hetero) is 2. The quantitative estimate of drug-likeness (QED) is 0.492. The molecule has 5 nitrogen and oxygen atoms in total. The summed E-state index contributed by atoms with van der Waals surface area (Å²) >= 11 is 0. The second-order valence-electron chi connectivity index (χ2n) is 4.31. The highest BCUT2D eigenvalue weighted by Gasteiger charge is 2.28. The number of rotatable bonds is 3. The summed E-state index contributed by atoms with van der Waals surface area (Å²) in [6.45, 7) is 0. The zero-order valence-electron chi connectivity index (χ0n) is 10.9. The smallest absolute Gasteiger partial charge is 0.287 e. The van der Waals surface area contributed by atoms with Crippen molar-refractivity contribution in [3.63, 3.8) is 0 Å². The summed E-state index contributed by atoms with van der Waals surface area (Å²) < 4.78 is 5.28. The Morgan fingerprint density at radius 1 is 1.00 bits per heavy atom. The van der Waals surface area contributed by atoms with E-state index >= 15 is 0 Å². The molecule has 2 aromatic rings. The molecule has 3 rings (SSSR count). The third kappa shape index (κ3) is 2.62. The number of ether oxygens (including phenoxy) is 1. The number of hydrogen-bond donors (Lipinski definition) is 0. The molecule has 0 aromatic heterocycles. The van der Waals surface area contributed by atoms with Gasteiger partial charge in [-0.05, 0) is 12.1 Å². The monoisotopic (exact) mass is 278 g/mol. The molecule has 0 atom stereocenters. The van der Waals surface area contributed by atoms with Crippen LogP contribution in [0.2, 0.25) is 0 Å². The average Bonchev–Trinajstić information content (AvgIpc) is 2.85. The number of ketones is 2. The number of carbonyl (C=O) groups excluding carboxylic acids is 2. The number of fused-ring (bicyclic) bond motifs is 1. The van der Waals surface area contributed by atoms with Crippen LogP contribution in [-0.2, 0) is 0 Å². The Morgan fingerprint density at radius 2 is 1.71 bits per heavy atom. The maximum Gasteiger partial charge on any atom is 0.287 e. The SMILES string of the molecule is O=C(C=NN=C1Oc2ccccc2C1=O)c1ccccc1. The van der Waals surface area contributed by atoms with Crippen LogP contribution in [-0.4, -0.2) is 23.7 Å². The Morgan fingerprint density at radius 3 is 2.48 bits per heavy atom. The zero-order valence-corrected chi connectivity index (χ0v) is 10.9. The summed E-state index contributed by atoms with van der Waals surface area (Å²) in [5, 5.41) is 7.31. The fourth-order valence-corrected chi connectivity index (χ4v) is 1.89. The van der Waals surface area contributed by atoms with Gasteiger partial charge in [0.15, 0.2) is 0 Å². The molecule has 5 heteroatoms. The molecule has 0 unspecified atom stereocenters. The van der Waals surface area contributed by atoms with Gasteiger partial charge in [0.1, 0.15) is 5.75 Å². The fraction of sp³-hybridized carbons (Fsp3) is 0. The highest BCUT2D eigenvalue weighted by molar-refractivity contribution is 6.46. The highest BCUT2D eigenvalue weighted by atomic mass is 16.5. The van der Waals surface area contributed by atoms with Gasteiger partial charge in [-0.15, -0.1) is 5.10 Å². The summed E-state index contributed by atoms with van der Waals surface area (Å²) in [5.41, 5.74) is 0.948. The average molecular weight is 278 g/mol. The molecule has 1 aliphatic heterocycles. The third-order valence-corrected chi connectivity index (χ3v) is 2.91. The zero-order chi connectivity index (χ0) is 14.7. The Bertz CT molecular complexity index is 764. The lowest BCUT2D eigenvalue weighted by atomic mass is 10.1. The van der Waals surface area contributed by atoms with Crippen LogP contribution in [0.3, 0.4) is 0 Å². The summed E-state index contributed by atoms with van der Waals surface area (Å²) in [7, 11) is 0. The van der Waals surface area contributed by atoms with Crippen LogP contribution in [0.15, 0.2) is 64.8 Å². The molecule has 0 saturated heterocycles. The van der Waals surface area contributed by atoms with Crippen molar-refractivity contribution in [3.05, 3.63) is 65.7 Å². The van der Waals surface area contributed by atoms with E-state index in [-0.39, 0.29) is 17.5 Å². The summed E-state index contributed by atoms with van der Waals surface area (Å²) in [4.78, 5) is 23.7. The number of benzene rings is 2. The minimum Gasteiger partial charge on any atom is -0.434 e. The van der Waals surface area contributed by atoms with E-state index in [0.29, 0.717) is 16.9 Å². The molecule has 0 radical (unpaired) electrons. The van der Waals surface area contributed by atoms with E-state index in [1.54, 1.807) is 48.5 Å². The molecule has 2 aromatic carbocycles. The van der Waals surface area contributed by atoms with E-state index in [4.69, 9.17) is 4.74 Å². The molecule has 0 aliphatic carbocycles. The van der Waals surface area contributed by atoms with Crippen molar-refractivity contribution in [2.24, 2.45) is 10.2 Å². The second-order valence-corrected chi connectivity index (χ2v) is 4.31. The molecule has 0 saturated carbocycles. The molecular formula is C16H10N2O3. The minimum absolute atomic E-state index is 0.131. The molecule has 102 valence electrons. The maximum atomic E-state index is 11.9. The first-order valence-corrected chi connectivity index (χ1v) is 6.28. The lowest BCUT2D eigenvalue weighted by molar-refractivity contribution is 0.105. The molecule has 0 spiro atoms. The van der Waals surface area contributed by atoms with Crippen LogP contribution in [0.1, 0.15) is 20.7 Å². The Kier molecular flexibility index (Phi) is 3.39. The van der Waals surface area contributed by atoms with Crippen molar-refractivity contribution in [3.8, 4) is 5.75 Å². The van der Waals surface area contributed by atoms with Crippen molar-refractivity contribution in [2.45, 2.75) is 0 Å². The first kappa shape index (κ1) is 12.9. The molecule has 0 fully saturated rings. The Hall–Kier alpha value is -3.08. The Balaban J connectivity index is 1.75. The molecule has 21 heavy (non-hydrogen) atoms. The highest BCUT2D eigenvalue weighted by Crippen LogP contribution is 2.25. The van der Waals surface area contributed by atoms with Crippen molar-refractivity contribution in [2.75, 3.05) is 0 Å². The van der Waals surface area contributed by atoms with Crippen LogP contribution in [0.25, 0.3) is 0 Å². The standard InChI is InChI=1S/C16H10N2O3/c19-13(11-6-2-1-3-7-11)10-17-18-16-15(20)12-8-4-5-9-14(12)21-16/h1-10H. The van der Waals surface area contributed by atoms with Crippen LogP contribution in [0.5, 0.6) is 5.75 Å². The van der Waals surface area contributed by atoms with Crippen LogP contribution in [0.4, 0.5) is 0 Å². The first-order valence-electron chi connectivity index (χ1n) is 6.28. The summed E-state index contributed by atoms with van der Waals surface area (Å²) in [6, 6.07) is 15.5. The van der Waals surface area contributed by atoms with Gasteiger partial charge in [-0.2, -0.15) is 5.10 Å². The van der Waals surface area contributed by atoms with Gasteiger partial charge in [-0.25, -0.2) is 0 Å². The van der Waals surface area contributed by atoms with Crippen molar-refractivity contribution < 1.29 is 14.3 Å². The third-order valence-electron chi connectivity index (χ3n) is 2.91. The largest absolute Gasteiger partial charge is 0.434 e. The molecule has 0 N–H and O–H groups in total. The molecule has 0 amide bonds. The number of carbonyl (C=O) groups is 2. The topological polar surface area (TPSA) is 68.1 Å². The van der Waals surface area contributed by atoms with Gasteiger partial charge in [0.05, 0.1) is 11.8 Å². The number of para-hydroxylation sites is 1. The van der Waals surface area contributed by atoms with E-state index in [2.05, 4.69) is 10.2 Å². The molecule has 1 aliphatic rings. The van der Waals surface area contributed by atoms with Gasteiger partial charge in [0.25, 0.3) is 11.7 Å².